The second-order valence-electron chi connectivity index (χ2n) is 5.49. The molecule has 0 radical (unpaired) electrons. The number of anilines is 1. The van der Waals surface area contributed by atoms with Crippen LogP contribution in [-0.4, -0.2) is 30.1 Å². The standard InChI is InChI=1S/C18H18N2O4/c21-14-7-5-13(6-8-14)11-19-17(22)9-10-20-15-3-1-2-4-16(15)24-12-18(20)23/h1-8,21H,9-12H2,(H,19,22). The van der Waals surface area contributed by atoms with Crippen molar-refractivity contribution in [2.45, 2.75) is 13.0 Å². The zero-order valence-electron chi connectivity index (χ0n) is 13.1. The largest absolute Gasteiger partial charge is 0.508 e. The highest BCUT2D eigenvalue weighted by Gasteiger charge is 2.25. The summed E-state index contributed by atoms with van der Waals surface area (Å²) in [4.78, 5) is 25.6. The van der Waals surface area contributed by atoms with Crippen molar-refractivity contribution < 1.29 is 19.4 Å². The maximum Gasteiger partial charge on any atom is 0.265 e. The quantitative estimate of drug-likeness (QED) is 0.878. The Morgan fingerprint density at radius 2 is 1.92 bits per heavy atom. The van der Waals surface area contributed by atoms with Crippen molar-refractivity contribution >= 4 is 17.5 Å². The lowest BCUT2D eigenvalue weighted by molar-refractivity contribution is -0.122. The number of hydrogen-bond donors (Lipinski definition) is 2. The summed E-state index contributed by atoms with van der Waals surface area (Å²) in [7, 11) is 0. The molecule has 124 valence electrons. The van der Waals surface area contributed by atoms with Crippen LogP contribution in [0.3, 0.4) is 0 Å². The Balaban J connectivity index is 1.54. The molecule has 3 rings (SSSR count). The molecule has 0 atom stereocenters. The smallest absolute Gasteiger partial charge is 0.265 e. The molecule has 6 heteroatoms. The van der Waals surface area contributed by atoms with E-state index in [-0.39, 0.29) is 30.6 Å². The fraction of sp³-hybridized carbons (Fsp3) is 0.222. The van der Waals surface area contributed by atoms with Crippen molar-refractivity contribution in [3.63, 3.8) is 0 Å². The van der Waals surface area contributed by atoms with Crippen molar-refractivity contribution in [1.29, 1.82) is 0 Å². The van der Waals surface area contributed by atoms with Gasteiger partial charge in [0.2, 0.25) is 5.91 Å². The summed E-state index contributed by atoms with van der Waals surface area (Å²) in [6.07, 6.45) is 0.207. The molecule has 0 aliphatic carbocycles. The van der Waals surface area contributed by atoms with Crippen LogP contribution < -0.4 is 15.0 Å². The van der Waals surface area contributed by atoms with Crippen LogP contribution in [0, 0.1) is 0 Å². The highest BCUT2D eigenvalue weighted by Crippen LogP contribution is 2.31. The fourth-order valence-corrected chi connectivity index (χ4v) is 2.52. The number of carbonyl (C=O) groups is 2. The van der Waals surface area contributed by atoms with Crippen LogP contribution in [0.5, 0.6) is 11.5 Å². The number of nitrogens with one attached hydrogen (secondary N) is 1. The fourth-order valence-electron chi connectivity index (χ4n) is 2.52. The third-order valence-corrected chi connectivity index (χ3v) is 3.80. The van der Waals surface area contributed by atoms with Crippen molar-refractivity contribution in [2.75, 3.05) is 18.1 Å². The molecular formula is C18H18N2O4. The molecule has 1 heterocycles. The van der Waals surface area contributed by atoms with E-state index in [0.717, 1.165) is 5.56 Å². The molecule has 1 aliphatic heterocycles. The normalized spacial score (nSPS) is 13.2. The number of benzene rings is 2. The third kappa shape index (κ3) is 3.65. The van der Waals surface area contributed by atoms with Gasteiger partial charge in [-0.25, -0.2) is 0 Å². The molecule has 0 fully saturated rings. The van der Waals surface area contributed by atoms with Gasteiger partial charge in [0.15, 0.2) is 6.61 Å². The summed E-state index contributed by atoms with van der Waals surface area (Å²) < 4.78 is 5.38. The summed E-state index contributed by atoms with van der Waals surface area (Å²) in [5.74, 6) is 0.552. The minimum Gasteiger partial charge on any atom is -0.508 e. The number of amides is 2. The second kappa shape index (κ2) is 7.04. The van der Waals surface area contributed by atoms with E-state index in [9.17, 15) is 14.7 Å². The minimum absolute atomic E-state index is 0.00780. The molecular weight excluding hydrogens is 308 g/mol. The summed E-state index contributed by atoms with van der Waals surface area (Å²) in [5, 5.41) is 12.0. The number of hydrogen-bond acceptors (Lipinski definition) is 4. The molecule has 2 aromatic carbocycles. The van der Waals surface area contributed by atoms with E-state index in [1.165, 1.54) is 0 Å². The summed E-state index contributed by atoms with van der Waals surface area (Å²) in [6, 6.07) is 13.9. The molecule has 6 nitrogen and oxygen atoms in total. The summed E-state index contributed by atoms with van der Waals surface area (Å²) in [5.41, 5.74) is 1.59. The van der Waals surface area contributed by atoms with Gasteiger partial charge < -0.3 is 20.1 Å². The van der Waals surface area contributed by atoms with Crippen molar-refractivity contribution in [1.82, 2.24) is 5.32 Å². The van der Waals surface area contributed by atoms with E-state index in [0.29, 0.717) is 24.5 Å². The number of fused-ring (bicyclic) bond motifs is 1. The van der Waals surface area contributed by atoms with Crippen LogP contribution in [0.4, 0.5) is 5.69 Å². The number of ether oxygens (including phenoxy) is 1. The van der Waals surface area contributed by atoms with Gasteiger partial charge in [-0.3, -0.25) is 9.59 Å². The van der Waals surface area contributed by atoms with Gasteiger partial charge in [-0.1, -0.05) is 24.3 Å². The van der Waals surface area contributed by atoms with Gasteiger partial charge in [-0.2, -0.15) is 0 Å². The first kappa shape index (κ1) is 15.9. The molecule has 24 heavy (non-hydrogen) atoms. The first-order chi connectivity index (χ1) is 11.6. The number of aromatic hydroxyl groups is 1. The monoisotopic (exact) mass is 326 g/mol. The molecule has 0 bridgehead atoms. The van der Waals surface area contributed by atoms with Gasteiger partial charge in [0.25, 0.3) is 5.91 Å². The average Bonchev–Trinajstić information content (AvgIpc) is 2.60. The number of phenols is 1. The third-order valence-electron chi connectivity index (χ3n) is 3.80. The van der Waals surface area contributed by atoms with Crippen LogP contribution >= 0.6 is 0 Å². The molecule has 1 aliphatic rings. The maximum atomic E-state index is 12.0. The SMILES string of the molecule is O=C(CCN1C(=O)COc2ccccc21)NCc1ccc(O)cc1. The maximum absolute atomic E-state index is 12.0. The van der Waals surface area contributed by atoms with Gasteiger partial charge in [0.1, 0.15) is 11.5 Å². The lowest BCUT2D eigenvalue weighted by Gasteiger charge is -2.29. The van der Waals surface area contributed by atoms with Crippen LogP contribution in [-0.2, 0) is 16.1 Å². The number of nitrogens with zero attached hydrogens (tertiary/aromatic N) is 1. The van der Waals surface area contributed by atoms with Gasteiger partial charge >= 0.3 is 0 Å². The Morgan fingerprint density at radius 1 is 1.17 bits per heavy atom. The zero-order valence-corrected chi connectivity index (χ0v) is 13.1. The van der Waals surface area contributed by atoms with E-state index >= 15 is 0 Å². The van der Waals surface area contributed by atoms with Crippen molar-refractivity contribution in [3.05, 3.63) is 54.1 Å². The molecule has 0 unspecified atom stereocenters. The Labute approximate surface area is 139 Å². The molecule has 0 saturated carbocycles. The number of carbonyl (C=O) groups excluding carboxylic acids is 2. The molecule has 2 amide bonds. The lowest BCUT2D eigenvalue weighted by Crippen LogP contribution is -2.41. The predicted molar refractivity (Wildman–Crippen MR) is 88.9 cm³/mol. The second-order valence-corrected chi connectivity index (χ2v) is 5.49. The van der Waals surface area contributed by atoms with Gasteiger partial charge in [-0.15, -0.1) is 0 Å². The minimum atomic E-state index is -0.153. The first-order valence-electron chi connectivity index (χ1n) is 7.70. The van der Waals surface area contributed by atoms with E-state index in [1.54, 1.807) is 41.3 Å². The molecule has 0 spiro atoms. The Hall–Kier alpha value is -3.02. The molecule has 2 N–H and O–H groups in total. The van der Waals surface area contributed by atoms with Gasteiger partial charge in [0, 0.05) is 19.5 Å². The van der Waals surface area contributed by atoms with E-state index in [2.05, 4.69) is 5.32 Å². The first-order valence-corrected chi connectivity index (χ1v) is 7.70. The van der Waals surface area contributed by atoms with Crippen molar-refractivity contribution in [2.24, 2.45) is 0 Å². The van der Waals surface area contributed by atoms with E-state index in [1.807, 2.05) is 12.1 Å². The van der Waals surface area contributed by atoms with E-state index < -0.39 is 0 Å². The average molecular weight is 326 g/mol. The highest BCUT2D eigenvalue weighted by molar-refractivity contribution is 5.98. The van der Waals surface area contributed by atoms with Crippen LogP contribution in [0.2, 0.25) is 0 Å². The Morgan fingerprint density at radius 3 is 2.71 bits per heavy atom. The highest BCUT2D eigenvalue weighted by atomic mass is 16.5. The van der Waals surface area contributed by atoms with Gasteiger partial charge in [0.05, 0.1) is 5.69 Å². The van der Waals surface area contributed by atoms with Gasteiger partial charge in [-0.05, 0) is 29.8 Å². The van der Waals surface area contributed by atoms with Crippen LogP contribution in [0.25, 0.3) is 0 Å². The molecule has 0 saturated heterocycles. The number of para-hydroxylation sites is 2. The Bertz CT molecular complexity index is 743. The number of phenolic OH excluding ortho intramolecular Hbond substituents is 1. The zero-order chi connectivity index (χ0) is 16.9. The number of rotatable bonds is 5. The van der Waals surface area contributed by atoms with Crippen LogP contribution in [0.15, 0.2) is 48.5 Å². The Kier molecular flexibility index (Phi) is 4.65. The molecule has 2 aromatic rings. The predicted octanol–water partition coefficient (Wildman–Crippen LogP) is 1.82. The molecule has 0 aromatic heterocycles. The topological polar surface area (TPSA) is 78.9 Å². The lowest BCUT2D eigenvalue weighted by atomic mass is 10.2. The van der Waals surface area contributed by atoms with Crippen molar-refractivity contribution in [3.8, 4) is 11.5 Å². The summed E-state index contributed by atoms with van der Waals surface area (Å²) >= 11 is 0. The van der Waals surface area contributed by atoms with Crippen LogP contribution in [0.1, 0.15) is 12.0 Å². The summed E-state index contributed by atoms with van der Waals surface area (Å²) in [6.45, 7) is 0.680. The van der Waals surface area contributed by atoms with E-state index in [4.69, 9.17) is 4.74 Å².